The molecule has 2 aromatic rings. The molecule has 1 aliphatic rings. The fraction of sp³-hybridized carbons (Fsp3) is 0.368. The summed E-state index contributed by atoms with van der Waals surface area (Å²) in [6.07, 6.45) is 0.919. The van der Waals surface area contributed by atoms with Crippen molar-refractivity contribution in [2.75, 3.05) is 19.7 Å². The van der Waals surface area contributed by atoms with Crippen LogP contribution >= 0.6 is 0 Å². The van der Waals surface area contributed by atoms with E-state index in [2.05, 4.69) is 10.6 Å². The Labute approximate surface area is 173 Å². The zero-order chi connectivity index (χ0) is 21.7. The molecule has 1 aliphatic heterocycles. The number of hydrogen-bond acceptors (Lipinski definition) is 6. The van der Waals surface area contributed by atoms with Gasteiger partial charge in [-0.1, -0.05) is 0 Å². The summed E-state index contributed by atoms with van der Waals surface area (Å²) in [7, 11) is -3.99. The van der Waals surface area contributed by atoms with Crippen LogP contribution in [0.15, 0.2) is 45.9 Å². The van der Waals surface area contributed by atoms with Crippen molar-refractivity contribution in [2.45, 2.75) is 31.0 Å². The molecule has 0 unspecified atom stereocenters. The van der Waals surface area contributed by atoms with Crippen LogP contribution in [0, 0.1) is 12.7 Å². The van der Waals surface area contributed by atoms with Crippen LogP contribution in [0.1, 0.15) is 17.7 Å². The molecule has 30 heavy (non-hydrogen) atoms. The van der Waals surface area contributed by atoms with Crippen LogP contribution < -0.4 is 10.6 Å². The van der Waals surface area contributed by atoms with E-state index >= 15 is 0 Å². The Morgan fingerprint density at radius 3 is 2.70 bits per heavy atom. The van der Waals surface area contributed by atoms with Crippen LogP contribution in [0.3, 0.4) is 0 Å². The first-order valence-corrected chi connectivity index (χ1v) is 10.7. The van der Waals surface area contributed by atoms with Gasteiger partial charge in [0.2, 0.25) is 10.0 Å². The van der Waals surface area contributed by atoms with Crippen LogP contribution in [-0.4, -0.2) is 50.5 Å². The van der Waals surface area contributed by atoms with E-state index in [4.69, 9.17) is 9.15 Å². The third kappa shape index (κ3) is 5.04. The predicted molar refractivity (Wildman–Crippen MR) is 103 cm³/mol. The molecule has 1 aromatic carbocycles. The van der Waals surface area contributed by atoms with Gasteiger partial charge in [-0.3, -0.25) is 9.59 Å². The fourth-order valence-electron chi connectivity index (χ4n) is 3.05. The number of benzene rings is 1. The number of furan rings is 1. The van der Waals surface area contributed by atoms with Crippen molar-refractivity contribution in [2.24, 2.45) is 0 Å². The van der Waals surface area contributed by atoms with E-state index in [1.807, 2.05) is 0 Å². The lowest BCUT2D eigenvalue weighted by Crippen LogP contribution is -2.53. The number of hydrogen-bond donors (Lipinski definition) is 2. The Kier molecular flexibility index (Phi) is 6.85. The first-order chi connectivity index (χ1) is 14.3. The summed E-state index contributed by atoms with van der Waals surface area (Å²) >= 11 is 0. The van der Waals surface area contributed by atoms with Gasteiger partial charge in [0.1, 0.15) is 17.8 Å². The highest BCUT2D eigenvalue weighted by molar-refractivity contribution is 7.89. The molecular weight excluding hydrogens is 417 g/mol. The number of nitrogens with zero attached hydrogens (tertiary/aromatic N) is 1. The number of sulfonamides is 1. The molecule has 0 radical (unpaired) electrons. The standard InChI is InChI=1S/C19H22FN3O6S/c1-13-10-14(20)5-6-16(13)30(26,27)23-7-3-9-29-17(23)12-22-19(25)18(24)21-11-15-4-2-8-28-15/h2,4-6,8,10,17H,3,7,9,11-12H2,1H3,(H,21,24)(H,22,25)/t17-/m1/s1. The van der Waals surface area contributed by atoms with E-state index in [0.29, 0.717) is 18.8 Å². The lowest BCUT2D eigenvalue weighted by molar-refractivity contribution is -0.140. The number of carbonyl (C=O) groups is 2. The third-order valence-electron chi connectivity index (χ3n) is 4.52. The molecule has 0 aliphatic carbocycles. The minimum Gasteiger partial charge on any atom is -0.467 e. The minimum absolute atomic E-state index is 0.0399. The molecular formula is C19H22FN3O6S. The van der Waals surface area contributed by atoms with Gasteiger partial charge in [-0.2, -0.15) is 4.31 Å². The molecule has 1 aromatic heterocycles. The molecule has 11 heteroatoms. The van der Waals surface area contributed by atoms with Crippen LogP contribution in [-0.2, 0) is 30.9 Å². The molecule has 3 rings (SSSR count). The van der Waals surface area contributed by atoms with Crippen molar-refractivity contribution in [1.29, 1.82) is 0 Å². The highest BCUT2D eigenvalue weighted by atomic mass is 32.2. The maximum absolute atomic E-state index is 13.4. The fourth-order valence-corrected chi connectivity index (χ4v) is 4.83. The molecule has 2 amide bonds. The van der Waals surface area contributed by atoms with Crippen molar-refractivity contribution in [1.82, 2.24) is 14.9 Å². The normalized spacial score (nSPS) is 17.5. The summed E-state index contributed by atoms with van der Waals surface area (Å²) in [6.45, 7) is 1.81. The lowest BCUT2D eigenvalue weighted by atomic mass is 10.2. The number of carbonyl (C=O) groups excluding carboxylic acids is 2. The molecule has 162 valence electrons. The van der Waals surface area contributed by atoms with Crippen molar-refractivity contribution in [3.8, 4) is 0 Å². The minimum atomic E-state index is -3.99. The molecule has 2 heterocycles. The van der Waals surface area contributed by atoms with E-state index in [1.54, 1.807) is 12.1 Å². The summed E-state index contributed by atoms with van der Waals surface area (Å²) in [5, 5.41) is 4.79. The quantitative estimate of drug-likeness (QED) is 0.646. The number of amides is 2. The number of aryl methyl sites for hydroxylation is 1. The molecule has 0 saturated carbocycles. The van der Waals surface area contributed by atoms with Crippen molar-refractivity contribution in [3.05, 3.63) is 53.7 Å². The second kappa shape index (κ2) is 9.37. The highest BCUT2D eigenvalue weighted by Gasteiger charge is 2.35. The van der Waals surface area contributed by atoms with Crippen LogP contribution in [0.4, 0.5) is 4.39 Å². The molecule has 1 atom stereocenters. The van der Waals surface area contributed by atoms with Crippen LogP contribution in [0.5, 0.6) is 0 Å². The average Bonchev–Trinajstić information content (AvgIpc) is 3.23. The van der Waals surface area contributed by atoms with E-state index in [-0.39, 0.29) is 30.1 Å². The summed E-state index contributed by atoms with van der Waals surface area (Å²) in [5.74, 6) is -1.86. The average molecular weight is 439 g/mol. The summed E-state index contributed by atoms with van der Waals surface area (Å²) in [6, 6.07) is 6.71. The zero-order valence-corrected chi connectivity index (χ0v) is 17.1. The van der Waals surface area contributed by atoms with Crippen LogP contribution in [0.25, 0.3) is 0 Å². The molecule has 1 fully saturated rings. The highest BCUT2D eigenvalue weighted by Crippen LogP contribution is 2.25. The van der Waals surface area contributed by atoms with Gasteiger partial charge in [-0.25, -0.2) is 12.8 Å². The lowest BCUT2D eigenvalue weighted by Gasteiger charge is -2.34. The van der Waals surface area contributed by atoms with Gasteiger partial charge in [-0.15, -0.1) is 0 Å². The molecule has 0 bridgehead atoms. The van der Waals surface area contributed by atoms with Gasteiger partial charge in [0.05, 0.1) is 30.9 Å². The monoisotopic (exact) mass is 439 g/mol. The van der Waals surface area contributed by atoms with Gasteiger partial charge in [-0.05, 0) is 49.2 Å². The van der Waals surface area contributed by atoms with Gasteiger partial charge in [0, 0.05) is 6.54 Å². The van der Waals surface area contributed by atoms with Crippen molar-refractivity contribution in [3.63, 3.8) is 0 Å². The van der Waals surface area contributed by atoms with E-state index in [1.165, 1.54) is 19.3 Å². The van der Waals surface area contributed by atoms with E-state index < -0.39 is 33.9 Å². The number of ether oxygens (including phenoxy) is 1. The maximum Gasteiger partial charge on any atom is 0.309 e. The molecule has 0 spiro atoms. The summed E-state index contributed by atoms with van der Waals surface area (Å²) in [4.78, 5) is 23.9. The Hall–Kier alpha value is -2.76. The van der Waals surface area contributed by atoms with E-state index in [0.717, 1.165) is 16.4 Å². The summed E-state index contributed by atoms with van der Waals surface area (Å²) < 4.78 is 51.2. The topological polar surface area (TPSA) is 118 Å². The Morgan fingerprint density at radius 1 is 1.23 bits per heavy atom. The molecule has 1 saturated heterocycles. The van der Waals surface area contributed by atoms with Gasteiger partial charge in [0.25, 0.3) is 0 Å². The third-order valence-corrected chi connectivity index (χ3v) is 6.57. The second-order valence-corrected chi connectivity index (χ2v) is 8.54. The first kappa shape index (κ1) is 21.9. The van der Waals surface area contributed by atoms with E-state index in [9.17, 15) is 22.4 Å². The predicted octanol–water partition coefficient (Wildman–Crippen LogP) is 0.897. The zero-order valence-electron chi connectivity index (χ0n) is 16.3. The van der Waals surface area contributed by atoms with Gasteiger partial charge >= 0.3 is 11.8 Å². The second-order valence-electron chi connectivity index (χ2n) is 6.68. The van der Waals surface area contributed by atoms with Gasteiger partial charge in [0.15, 0.2) is 0 Å². The maximum atomic E-state index is 13.4. The smallest absolute Gasteiger partial charge is 0.309 e. The Morgan fingerprint density at radius 2 is 2.00 bits per heavy atom. The van der Waals surface area contributed by atoms with Gasteiger partial charge < -0.3 is 19.8 Å². The number of rotatable bonds is 6. The van der Waals surface area contributed by atoms with Crippen molar-refractivity contribution >= 4 is 21.8 Å². The Balaban J connectivity index is 1.64. The number of nitrogens with one attached hydrogen (secondary N) is 2. The largest absolute Gasteiger partial charge is 0.467 e. The molecule has 2 N–H and O–H groups in total. The SMILES string of the molecule is Cc1cc(F)ccc1S(=O)(=O)N1CCCO[C@@H]1CNC(=O)C(=O)NCc1ccco1. The number of halogens is 1. The summed E-state index contributed by atoms with van der Waals surface area (Å²) in [5.41, 5.74) is 0.265. The first-order valence-electron chi connectivity index (χ1n) is 9.27. The molecule has 9 nitrogen and oxygen atoms in total. The van der Waals surface area contributed by atoms with Crippen LogP contribution in [0.2, 0.25) is 0 Å². The van der Waals surface area contributed by atoms with Crippen molar-refractivity contribution < 1.29 is 31.6 Å². The Bertz CT molecular complexity index is 1010.